The molecule has 1 aromatic rings. The van der Waals surface area contributed by atoms with Crippen LogP contribution >= 0.6 is 0 Å². The van der Waals surface area contributed by atoms with E-state index in [1.807, 2.05) is 37.8 Å². The number of rotatable bonds is 1. The van der Waals surface area contributed by atoms with Crippen molar-refractivity contribution >= 4 is 11.8 Å². The molecule has 2 bridgehead atoms. The Morgan fingerprint density at radius 2 is 1.86 bits per heavy atom. The maximum Gasteiger partial charge on any atom is 0.410 e. The Labute approximate surface area is 131 Å². The standard InChI is InChI=1S/C17H24N2O3/c1-17(2,3)22-16(21)18-10-13-7-8-14(11-18)19(13)12-5-4-6-15(20)9-12/h4-6,9,13-14,20H,7-8,10-11H2,1-3H3. The highest BCUT2D eigenvalue weighted by atomic mass is 16.6. The molecule has 0 aromatic heterocycles. The number of fused-ring (bicyclic) bond motifs is 2. The number of hydrogen-bond acceptors (Lipinski definition) is 4. The fourth-order valence-corrected chi connectivity index (χ4v) is 3.45. The predicted molar refractivity (Wildman–Crippen MR) is 85.2 cm³/mol. The van der Waals surface area contributed by atoms with Crippen LogP contribution in [0.25, 0.3) is 0 Å². The van der Waals surface area contributed by atoms with Gasteiger partial charge in [-0.3, -0.25) is 0 Å². The normalized spacial score (nSPS) is 24.5. The smallest absolute Gasteiger partial charge is 0.410 e. The molecule has 3 rings (SSSR count). The van der Waals surface area contributed by atoms with Crippen LogP contribution in [0.1, 0.15) is 33.6 Å². The van der Waals surface area contributed by atoms with Crippen LogP contribution in [0, 0.1) is 0 Å². The van der Waals surface area contributed by atoms with E-state index in [0.717, 1.165) is 18.5 Å². The van der Waals surface area contributed by atoms with Crippen molar-refractivity contribution in [2.75, 3.05) is 18.0 Å². The molecule has 0 aliphatic carbocycles. The first-order valence-corrected chi connectivity index (χ1v) is 7.89. The monoisotopic (exact) mass is 304 g/mol. The minimum Gasteiger partial charge on any atom is -0.508 e. The molecule has 0 spiro atoms. The summed E-state index contributed by atoms with van der Waals surface area (Å²) >= 11 is 0. The number of phenolic OH excluding ortho intramolecular Hbond substituents is 1. The van der Waals surface area contributed by atoms with Gasteiger partial charge in [-0.05, 0) is 45.7 Å². The maximum absolute atomic E-state index is 12.3. The zero-order valence-corrected chi connectivity index (χ0v) is 13.5. The Bertz CT molecular complexity index is 553. The van der Waals surface area contributed by atoms with Gasteiger partial charge in [-0.15, -0.1) is 0 Å². The first-order chi connectivity index (χ1) is 10.3. The molecule has 0 radical (unpaired) electrons. The molecule has 1 amide bonds. The molecule has 1 aromatic carbocycles. The second-order valence-corrected chi connectivity index (χ2v) is 7.20. The number of phenols is 1. The van der Waals surface area contributed by atoms with Crippen LogP contribution in [0.5, 0.6) is 5.75 Å². The van der Waals surface area contributed by atoms with Crippen molar-refractivity contribution in [3.8, 4) is 5.75 Å². The van der Waals surface area contributed by atoms with Gasteiger partial charge in [-0.25, -0.2) is 4.79 Å². The summed E-state index contributed by atoms with van der Waals surface area (Å²) in [7, 11) is 0. The van der Waals surface area contributed by atoms with Crippen LogP contribution in [0.3, 0.4) is 0 Å². The van der Waals surface area contributed by atoms with E-state index >= 15 is 0 Å². The second kappa shape index (κ2) is 5.38. The fraction of sp³-hybridized carbons (Fsp3) is 0.588. The van der Waals surface area contributed by atoms with Gasteiger partial charge < -0.3 is 19.6 Å². The maximum atomic E-state index is 12.3. The van der Waals surface area contributed by atoms with E-state index in [0.29, 0.717) is 25.2 Å². The molecule has 2 aliphatic rings. The zero-order valence-electron chi connectivity index (χ0n) is 13.5. The molecule has 0 saturated carbocycles. The third-order valence-electron chi connectivity index (χ3n) is 4.26. The number of piperazine rings is 1. The second-order valence-electron chi connectivity index (χ2n) is 7.20. The third kappa shape index (κ3) is 2.98. The first-order valence-electron chi connectivity index (χ1n) is 7.89. The van der Waals surface area contributed by atoms with Crippen LogP contribution in [0.4, 0.5) is 10.5 Å². The Kier molecular flexibility index (Phi) is 3.67. The van der Waals surface area contributed by atoms with Crippen LogP contribution < -0.4 is 4.90 Å². The van der Waals surface area contributed by atoms with Crippen LogP contribution in [-0.2, 0) is 4.74 Å². The van der Waals surface area contributed by atoms with Crippen molar-refractivity contribution in [1.29, 1.82) is 0 Å². The number of carbonyl (C=O) groups excluding carboxylic acids is 1. The van der Waals surface area contributed by atoms with Gasteiger partial charge in [0.25, 0.3) is 0 Å². The molecule has 2 aliphatic heterocycles. The molecular weight excluding hydrogens is 280 g/mol. The van der Waals surface area contributed by atoms with Crippen LogP contribution in [0.15, 0.2) is 24.3 Å². The molecule has 2 heterocycles. The van der Waals surface area contributed by atoms with E-state index in [-0.39, 0.29) is 11.8 Å². The molecule has 2 fully saturated rings. The number of hydrogen-bond donors (Lipinski definition) is 1. The van der Waals surface area contributed by atoms with E-state index in [1.54, 1.807) is 12.1 Å². The van der Waals surface area contributed by atoms with Gasteiger partial charge >= 0.3 is 6.09 Å². The van der Waals surface area contributed by atoms with E-state index in [1.165, 1.54) is 0 Å². The number of carbonyl (C=O) groups is 1. The topological polar surface area (TPSA) is 53.0 Å². The summed E-state index contributed by atoms with van der Waals surface area (Å²) in [6.45, 7) is 7.04. The average Bonchev–Trinajstić information content (AvgIpc) is 2.67. The molecular formula is C17H24N2O3. The molecule has 1 N–H and O–H groups in total. The lowest BCUT2D eigenvalue weighted by Crippen LogP contribution is -2.56. The molecule has 2 saturated heterocycles. The average molecular weight is 304 g/mol. The SMILES string of the molecule is CC(C)(C)OC(=O)N1CC2CCC(C1)N2c1cccc(O)c1. The zero-order chi connectivity index (χ0) is 15.9. The summed E-state index contributed by atoms with van der Waals surface area (Å²) < 4.78 is 5.49. The Morgan fingerprint density at radius 1 is 1.23 bits per heavy atom. The van der Waals surface area contributed by atoms with Gasteiger partial charge in [0, 0.05) is 36.9 Å². The number of amides is 1. The number of anilines is 1. The third-order valence-corrected chi connectivity index (χ3v) is 4.26. The highest BCUT2D eigenvalue weighted by Crippen LogP contribution is 2.36. The number of nitrogens with zero attached hydrogens (tertiary/aromatic N) is 2. The number of aromatic hydroxyl groups is 1. The number of ether oxygens (including phenoxy) is 1. The lowest BCUT2D eigenvalue weighted by atomic mass is 10.1. The minimum atomic E-state index is -0.460. The molecule has 5 nitrogen and oxygen atoms in total. The van der Waals surface area contributed by atoms with Gasteiger partial charge in [0.05, 0.1) is 0 Å². The fourth-order valence-electron chi connectivity index (χ4n) is 3.45. The van der Waals surface area contributed by atoms with Crippen molar-refractivity contribution in [3.63, 3.8) is 0 Å². The van der Waals surface area contributed by atoms with Crippen molar-refractivity contribution in [2.45, 2.75) is 51.3 Å². The quantitative estimate of drug-likeness (QED) is 0.866. The van der Waals surface area contributed by atoms with Crippen molar-refractivity contribution in [2.24, 2.45) is 0 Å². The summed E-state index contributed by atoms with van der Waals surface area (Å²) in [5.74, 6) is 0.284. The molecule has 2 atom stereocenters. The van der Waals surface area contributed by atoms with Gasteiger partial charge in [0.15, 0.2) is 0 Å². The summed E-state index contributed by atoms with van der Waals surface area (Å²) in [5, 5.41) is 9.69. The van der Waals surface area contributed by atoms with Crippen LogP contribution in [-0.4, -0.2) is 46.9 Å². The summed E-state index contributed by atoms with van der Waals surface area (Å²) in [6.07, 6.45) is 1.92. The lowest BCUT2D eigenvalue weighted by molar-refractivity contribution is 0.0209. The van der Waals surface area contributed by atoms with E-state index in [9.17, 15) is 9.90 Å². The summed E-state index contributed by atoms with van der Waals surface area (Å²) in [4.78, 5) is 16.4. The van der Waals surface area contributed by atoms with E-state index in [4.69, 9.17) is 4.74 Å². The Morgan fingerprint density at radius 3 is 2.41 bits per heavy atom. The summed E-state index contributed by atoms with van der Waals surface area (Å²) in [5.41, 5.74) is 0.578. The highest BCUT2D eigenvalue weighted by molar-refractivity contribution is 5.69. The lowest BCUT2D eigenvalue weighted by Gasteiger charge is -2.42. The number of benzene rings is 1. The predicted octanol–water partition coefficient (Wildman–Crippen LogP) is 2.98. The van der Waals surface area contributed by atoms with Gasteiger partial charge in [-0.1, -0.05) is 6.07 Å². The van der Waals surface area contributed by atoms with Crippen molar-refractivity contribution in [1.82, 2.24) is 4.90 Å². The minimum absolute atomic E-state index is 0.222. The highest BCUT2D eigenvalue weighted by Gasteiger charge is 2.42. The first kappa shape index (κ1) is 15.0. The number of likely N-dealkylation sites (tertiary alicyclic amines) is 1. The molecule has 120 valence electrons. The van der Waals surface area contributed by atoms with E-state index in [2.05, 4.69) is 4.90 Å². The van der Waals surface area contributed by atoms with Crippen LogP contribution in [0.2, 0.25) is 0 Å². The Hall–Kier alpha value is -1.91. The molecule has 5 heteroatoms. The Balaban J connectivity index is 1.73. The van der Waals surface area contributed by atoms with Crippen molar-refractivity contribution in [3.05, 3.63) is 24.3 Å². The van der Waals surface area contributed by atoms with Gasteiger partial charge in [0.1, 0.15) is 11.4 Å². The van der Waals surface area contributed by atoms with Crippen molar-refractivity contribution < 1.29 is 14.6 Å². The summed E-state index contributed by atoms with van der Waals surface area (Å²) in [6, 6.07) is 7.97. The van der Waals surface area contributed by atoms with E-state index < -0.39 is 5.60 Å². The largest absolute Gasteiger partial charge is 0.508 e. The van der Waals surface area contributed by atoms with Gasteiger partial charge in [0.2, 0.25) is 0 Å². The van der Waals surface area contributed by atoms with Gasteiger partial charge in [-0.2, -0.15) is 0 Å². The molecule has 22 heavy (non-hydrogen) atoms. The molecule has 2 unspecified atom stereocenters.